The molecule has 250 valence electrons. The molecule has 3 aromatic carbocycles. The van der Waals surface area contributed by atoms with Gasteiger partial charge >= 0.3 is 5.69 Å². The second-order valence-electron chi connectivity index (χ2n) is 11.3. The summed E-state index contributed by atoms with van der Waals surface area (Å²) in [4.78, 5) is 23.2. The number of hydrogen-bond acceptors (Lipinski definition) is 10. The first-order valence-electron chi connectivity index (χ1n) is 15.4. The molecular weight excluding hydrogens is 614 g/mol. The van der Waals surface area contributed by atoms with E-state index in [-0.39, 0.29) is 25.5 Å². The summed E-state index contributed by atoms with van der Waals surface area (Å²) < 4.78 is 31.4. The van der Waals surface area contributed by atoms with Crippen molar-refractivity contribution in [2.24, 2.45) is 4.99 Å². The zero-order valence-electron chi connectivity index (χ0n) is 27.3. The summed E-state index contributed by atoms with van der Waals surface area (Å²) in [5.41, 5.74) is 0.647. The molecule has 1 aliphatic heterocycles. The summed E-state index contributed by atoms with van der Waals surface area (Å²) in [6.07, 6.45) is -1.06. The maximum Gasteiger partial charge on any atom is 0.351 e. The lowest BCUT2D eigenvalue weighted by atomic mass is 9.80. The largest absolute Gasteiger partial charge is 0.497 e. The zero-order chi connectivity index (χ0) is 34.1. The number of aliphatic hydroxyl groups is 1. The highest BCUT2D eigenvalue weighted by atomic mass is 16.6. The molecule has 1 fully saturated rings. The van der Waals surface area contributed by atoms with Crippen LogP contribution >= 0.6 is 0 Å². The SMILES string of the molecule is COc1ccc(C(OC[C@H]2O[C@@H](n3ccc(/N=C/N(C)C)nc3=O)[C@@H](OCCC#N)C2O)(c2ccccc2)c2ccc(OC)cc2)cc1. The van der Waals surface area contributed by atoms with Gasteiger partial charge in [0.2, 0.25) is 0 Å². The highest BCUT2D eigenvalue weighted by Gasteiger charge is 2.48. The van der Waals surface area contributed by atoms with Crippen LogP contribution < -0.4 is 15.2 Å². The summed E-state index contributed by atoms with van der Waals surface area (Å²) in [6.45, 7) is -0.0686. The number of hydrogen-bond donors (Lipinski definition) is 1. The minimum absolute atomic E-state index is 0.0324. The van der Waals surface area contributed by atoms with E-state index in [0.29, 0.717) is 11.5 Å². The Bertz CT molecular complexity index is 1710. The van der Waals surface area contributed by atoms with E-state index >= 15 is 0 Å². The fourth-order valence-corrected chi connectivity index (χ4v) is 5.63. The summed E-state index contributed by atoms with van der Waals surface area (Å²) in [6, 6.07) is 28.5. The van der Waals surface area contributed by atoms with E-state index in [1.807, 2.05) is 84.9 Å². The number of nitriles is 1. The molecule has 0 bridgehead atoms. The Labute approximate surface area is 279 Å². The number of rotatable bonds is 14. The Morgan fingerprint density at radius 2 is 1.58 bits per heavy atom. The van der Waals surface area contributed by atoms with Crippen LogP contribution in [0.25, 0.3) is 0 Å². The molecule has 5 rings (SSSR count). The van der Waals surface area contributed by atoms with Crippen molar-refractivity contribution < 1.29 is 28.8 Å². The van der Waals surface area contributed by atoms with Crippen LogP contribution in [0, 0.1) is 11.3 Å². The Kier molecular flexibility index (Phi) is 11.2. The van der Waals surface area contributed by atoms with Gasteiger partial charge in [-0.3, -0.25) is 4.57 Å². The molecule has 1 aromatic heterocycles. The Balaban J connectivity index is 1.53. The van der Waals surface area contributed by atoms with Gasteiger partial charge in [-0.05, 0) is 47.0 Å². The van der Waals surface area contributed by atoms with E-state index in [0.717, 1.165) is 16.7 Å². The molecule has 4 aromatic rings. The van der Waals surface area contributed by atoms with Crippen LogP contribution in [0.2, 0.25) is 0 Å². The molecule has 0 amide bonds. The van der Waals surface area contributed by atoms with E-state index in [1.54, 1.807) is 39.3 Å². The van der Waals surface area contributed by atoms with Gasteiger partial charge in [-0.2, -0.15) is 10.2 Å². The molecule has 12 nitrogen and oxygen atoms in total. The summed E-state index contributed by atoms with van der Waals surface area (Å²) in [5.74, 6) is 1.59. The highest BCUT2D eigenvalue weighted by Crippen LogP contribution is 2.43. The van der Waals surface area contributed by atoms with Crippen LogP contribution in [0.5, 0.6) is 11.5 Å². The average Bonchev–Trinajstić information content (AvgIpc) is 3.42. The van der Waals surface area contributed by atoms with Gasteiger partial charge in [-0.25, -0.2) is 9.79 Å². The molecule has 0 aliphatic carbocycles. The maximum absolute atomic E-state index is 13.2. The van der Waals surface area contributed by atoms with Crippen molar-refractivity contribution in [2.45, 2.75) is 36.6 Å². The fourth-order valence-electron chi connectivity index (χ4n) is 5.63. The van der Waals surface area contributed by atoms with Crippen LogP contribution in [-0.2, 0) is 19.8 Å². The molecular formula is C36H39N5O7. The molecule has 48 heavy (non-hydrogen) atoms. The van der Waals surface area contributed by atoms with Crippen LogP contribution in [0.1, 0.15) is 29.3 Å². The zero-order valence-corrected chi connectivity index (χ0v) is 27.3. The van der Waals surface area contributed by atoms with Gasteiger partial charge in [-0.1, -0.05) is 54.6 Å². The van der Waals surface area contributed by atoms with Gasteiger partial charge in [0.25, 0.3) is 0 Å². The topological polar surface area (TPSA) is 141 Å². The lowest BCUT2D eigenvalue weighted by Gasteiger charge is -2.37. The van der Waals surface area contributed by atoms with E-state index in [2.05, 4.69) is 9.98 Å². The molecule has 2 heterocycles. The lowest BCUT2D eigenvalue weighted by molar-refractivity contribution is -0.0979. The van der Waals surface area contributed by atoms with E-state index in [1.165, 1.54) is 17.1 Å². The van der Waals surface area contributed by atoms with Crippen molar-refractivity contribution in [1.82, 2.24) is 14.5 Å². The molecule has 12 heteroatoms. The smallest absolute Gasteiger partial charge is 0.351 e. The van der Waals surface area contributed by atoms with Gasteiger partial charge in [0, 0.05) is 20.3 Å². The van der Waals surface area contributed by atoms with E-state index in [9.17, 15) is 9.90 Å². The van der Waals surface area contributed by atoms with Crippen molar-refractivity contribution in [2.75, 3.05) is 41.5 Å². The summed E-state index contributed by atoms with van der Waals surface area (Å²) >= 11 is 0. The minimum Gasteiger partial charge on any atom is -0.497 e. The first-order valence-corrected chi connectivity index (χ1v) is 15.4. The number of nitrogens with zero attached hydrogens (tertiary/aromatic N) is 5. The van der Waals surface area contributed by atoms with Crippen molar-refractivity contribution in [3.8, 4) is 17.6 Å². The number of aliphatic imine (C=N–C) groups is 1. The molecule has 1 saturated heterocycles. The van der Waals surface area contributed by atoms with Gasteiger partial charge in [0.1, 0.15) is 35.4 Å². The van der Waals surface area contributed by atoms with Gasteiger partial charge < -0.3 is 33.7 Å². The van der Waals surface area contributed by atoms with Gasteiger partial charge in [0.05, 0.1) is 46.3 Å². The first-order chi connectivity index (χ1) is 23.3. The first kappa shape index (κ1) is 34.3. The highest BCUT2D eigenvalue weighted by molar-refractivity contribution is 5.58. The third kappa shape index (κ3) is 7.40. The molecule has 0 spiro atoms. The molecule has 0 radical (unpaired) electrons. The monoisotopic (exact) mass is 653 g/mol. The van der Waals surface area contributed by atoms with Crippen LogP contribution in [0.15, 0.2) is 101 Å². The Morgan fingerprint density at radius 3 is 2.12 bits per heavy atom. The lowest BCUT2D eigenvalue weighted by Crippen LogP contribution is -2.40. The third-order valence-electron chi connectivity index (χ3n) is 7.98. The van der Waals surface area contributed by atoms with E-state index < -0.39 is 35.8 Å². The summed E-state index contributed by atoms with van der Waals surface area (Å²) in [5, 5.41) is 20.7. The standard InChI is InChI=1S/C36H39N5O7/c1-40(2)24-38-31-19-21-41(35(43)39-31)34-33(46-22-8-20-37)32(42)30(48-34)23-47-36(25-9-6-5-7-10-25,26-11-15-28(44-3)16-12-26)27-13-17-29(45-4)18-14-27/h5-7,9-19,21,24,30,32-34,42H,8,22-23H2,1-4H3/b38-24+/t30-,32?,33+,34-/m1/s1. The Hall–Kier alpha value is -5.06. The number of methoxy groups -OCH3 is 2. The minimum atomic E-state index is -1.22. The second kappa shape index (κ2) is 15.7. The molecule has 0 saturated carbocycles. The Morgan fingerprint density at radius 1 is 0.979 bits per heavy atom. The summed E-state index contributed by atoms with van der Waals surface area (Å²) in [7, 11) is 6.82. The van der Waals surface area contributed by atoms with Crippen molar-refractivity contribution >= 4 is 12.2 Å². The quantitative estimate of drug-likeness (QED) is 0.0918. The predicted octanol–water partition coefficient (Wildman–Crippen LogP) is 4.05. The number of benzene rings is 3. The van der Waals surface area contributed by atoms with Crippen molar-refractivity contribution in [3.05, 3.63) is 118 Å². The third-order valence-corrected chi connectivity index (χ3v) is 7.98. The van der Waals surface area contributed by atoms with Crippen molar-refractivity contribution in [1.29, 1.82) is 5.26 Å². The number of aromatic nitrogens is 2. The van der Waals surface area contributed by atoms with Crippen LogP contribution in [-0.4, -0.2) is 85.7 Å². The fraction of sp³-hybridized carbons (Fsp3) is 0.333. The predicted molar refractivity (Wildman–Crippen MR) is 178 cm³/mol. The van der Waals surface area contributed by atoms with Crippen LogP contribution in [0.3, 0.4) is 0 Å². The van der Waals surface area contributed by atoms with Gasteiger partial charge in [-0.15, -0.1) is 0 Å². The van der Waals surface area contributed by atoms with Crippen LogP contribution in [0.4, 0.5) is 5.82 Å². The molecule has 1 aliphatic rings. The maximum atomic E-state index is 13.2. The molecule has 4 atom stereocenters. The number of ether oxygens (including phenoxy) is 5. The number of aliphatic hydroxyl groups excluding tert-OH is 1. The van der Waals surface area contributed by atoms with Gasteiger partial charge in [0.15, 0.2) is 12.0 Å². The molecule has 1 unspecified atom stereocenters. The van der Waals surface area contributed by atoms with E-state index in [4.69, 9.17) is 28.9 Å². The normalized spacial score (nSPS) is 19.2. The molecule has 1 N–H and O–H groups in total. The van der Waals surface area contributed by atoms with Crippen molar-refractivity contribution in [3.63, 3.8) is 0 Å². The average molecular weight is 654 g/mol. The second-order valence-corrected chi connectivity index (χ2v) is 11.3.